The Morgan fingerprint density at radius 2 is 1.67 bits per heavy atom. The van der Waals surface area contributed by atoms with Crippen LogP contribution in [0.4, 0.5) is 0 Å². The van der Waals surface area contributed by atoms with Gasteiger partial charge in [0.05, 0.1) is 12.6 Å². The van der Waals surface area contributed by atoms with E-state index in [2.05, 4.69) is 37.4 Å². The van der Waals surface area contributed by atoms with Crippen molar-refractivity contribution in [3.8, 4) is 6.07 Å². The van der Waals surface area contributed by atoms with E-state index in [1.165, 1.54) is 45.3 Å². The summed E-state index contributed by atoms with van der Waals surface area (Å²) in [5.74, 6) is 0.892. The molecule has 0 aromatic rings. The lowest BCUT2D eigenvalue weighted by Crippen LogP contribution is -2.32. The predicted octanol–water partition coefficient (Wildman–Crippen LogP) is 2.58. The van der Waals surface area contributed by atoms with Crippen LogP contribution in [-0.4, -0.2) is 84.5 Å². The minimum Gasteiger partial charge on any atom is -0.365 e. The summed E-state index contributed by atoms with van der Waals surface area (Å²) in [6, 6.07) is 2.85. The Morgan fingerprint density at radius 3 is 2.22 bits per heavy atom. The first-order valence-corrected chi connectivity index (χ1v) is 10.7. The van der Waals surface area contributed by atoms with Crippen LogP contribution in [0.15, 0.2) is 11.5 Å². The Kier molecular flexibility index (Phi) is 7.38. The van der Waals surface area contributed by atoms with Crippen LogP contribution in [0.2, 0.25) is 0 Å². The van der Waals surface area contributed by atoms with Crippen LogP contribution in [0.25, 0.3) is 4.85 Å². The third kappa shape index (κ3) is 5.15. The molecule has 1 unspecified atom stereocenters. The molecule has 6 nitrogen and oxygen atoms in total. The molecule has 3 aliphatic rings. The van der Waals surface area contributed by atoms with Crippen molar-refractivity contribution in [1.29, 1.82) is 5.26 Å². The molecule has 0 aromatic heterocycles. The molecular formula is C21H34N6. The lowest BCUT2D eigenvalue weighted by molar-refractivity contribution is 0.244. The van der Waals surface area contributed by atoms with Gasteiger partial charge in [-0.3, -0.25) is 0 Å². The number of allylic oxidation sites excluding steroid dienone is 1. The zero-order valence-electron chi connectivity index (χ0n) is 16.9. The number of rotatable bonds is 8. The van der Waals surface area contributed by atoms with E-state index in [9.17, 15) is 5.26 Å². The topological polar surface area (TPSA) is 41.1 Å². The molecule has 0 N–H and O–H groups in total. The Balaban J connectivity index is 1.53. The third-order valence-corrected chi connectivity index (χ3v) is 6.33. The first-order chi connectivity index (χ1) is 13.2. The summed E-state index contributed by atoms with van der Waals surface area (Å²) < 4.78 is 0. The molecule has 3 heterocycles. The van der Waals surface area contributed by atoms with Crippen LogP contribution >= 0.6 is 0 Å². The Bertz CT molecular complexity index is 579. The summed E-state index contributed by atoms with van der Waals surface area (Å²) in [5.41, 5.74) is 0.267. The highest BCUT2D eigenvalue weighted by molar-refractivity contribution is 5.33. The highest BCUT2D eigenvalue weighted by atomic mass is 15.4. The SMILES string of the molecule is [C-]#[N+]/C(C#N)=C1\N(CCCN2CCCC2)CCN1CCCN1CCCC1C. The molecule has 0 bridgehead atoms. The minimum atomic E-state index is 0.267. The molecule has 27 heavy (non-hydrogen) atoms. The second-order valence-electron chi connectivity index (χ2n) is 8.15. The fourth-order valence-corrected chi connectivity index (χ4v) is 4.79. The molecule has 3 aliphatic heterocycles. The van der Waals surface area contributed by atoms with E-state index in [1.807, 2.05) is 0 Å². The van der Waals surface area contributed by atoms with Gasteiger partial charge >= 0.3 is 5.70 Å². The number of likely N-dealkylation sites (tertiary alicyclic amines) is 2. The van der Waals surface area contributed by atoms with Gasteiger partial charge in [0, 0.05) is 38.8 Å². The van der Waals surface area contributed by atoms with E-state index in [-0.39, 0.29) is 5.70 Å². The molecule has 3 saturated heterocycles. The molecular weight excluding hydrogens is 336 g/mol. The van der Waals surface area contributed by atoms with Crippen LogP contribution in [0.5, 0.6) is 0 Å². The van der Waals surface area contributed by atoms with Crippen LogP contribution in [0, 0.1) is 17.9 Å². The average Bonchev–Trinajstić information content (AvgIpc) is 3.41. The average molecular weight is 371 g/mol. The van der Waals surface area contributed by atoms with Gasteiger partial charge in [0.15, 0.2) is 0 Å². The van der Waals surface area contributed by atoms with Gasteiger partial charge in [-0.05, 0) is 71.6 Å². The maximum Gasteiger partial charge on any atom is 0.300 e. The molecule has 0 radical (unpaired) electrons. The van der Waals surface area contributed by atoms with Crippen LogP contribution in [0.3, 0.4) is 0 Å². The summed E-state index contributed by atoms with van der Waals surface area (Å²) in [7, 11) is 0. The van der Waals surface area contributed by atoms with E-state index in [0.717, 1.165) is 57.9 Å². The van der Waals surface area contributed by atoms with Gasteiger partial charge in [0.25, 0.3) is 0 Å². The summed E-state index contributed by atoms with van der Waals surface area (Å²) in [6.07, 6.45) is 7.50. The summed E-state index contributed by atoms with van der Waals surface area (Å²) in [6.45, 7) is 19.5. The van der Waals surface area contributed by atoms with Gasteiger partial charge in [-0.15, -0.1) is 0 Å². The molecule has 0 saturated carbocycles. The summed E-state index contributed by atoms with van der Waals surface area (Å²) >= 11 is 0. The van der Waals surface area contributed by atoms with Gasteiger partial charge in [-0.25, -0.2) is 10.1 Å². The quantitative estimate of drug-likeness (QED) is 0.485. The van der Waals surface area contributed by atoms with Crippen molar-refractivity contribution in [2.45, 2.75) is 51.5 Å². The van der Waals surface area contributed by atoms with Gasteiger partial charge < -0.3 is 19.6 Å². The number of nitriles is 1. The van der Waals surface area contributed by atoms with Crippen molar-refractivity contribution in [1.82, 2.24) is 19.6 Å². The van der Waals surface area contributed by atoms with Crippen molar-refractivity contribution in [2.75, 3.05) is 58.9 Å². The second-order valence-corrected chi connectivity index (χ2v) is 8.15. The number of nitrogens with zero attached hydrogens (tertiary/aromatic N) is 6. The van der Waals surface area contributed by atoms with Crippen molar-refractivity contribution < 1.29 is 0 Å². The first kappa shape index (κ1) is 20.0. The molecule has 0 spiro atoms. The largest absolute Gasteiger partial charge is 0.365 e. The third-order valence-electron chi connectivity index (χ3n) is 6.33. The van der Waals surface area contributed by atoms with Crippen molar-refractivity contribution in [3.05, 3.63) is 22.9 Å². The fourth-order valence-electron chi connectivity index (χ4n) is 4.79. The number of hydrogen-bond donors (Lipinski definition) is 0. The summed E-state index contributed by atoms with van der Waals surface area (Å²) in [4.78, 5) is 13.2. The van der Waals surface area contributed by atoms with Crippen LogP contribution in [0.1, 0.15) is 45.4 Å². The zero-order valence-corrected chi connectivity index (χ0v) is 16.9. The van der Waals surface area contributed by atoms with E-state index in [1.54, 1.807) is 0 Å². The van der Waals surface area contributed by atoms with E-state index in [0.29, 0.717) is 6.04 Å². The van der Waals surface area contributed by atoms with Gasteiger partial charge in [-0.2, -0.15) is 0 Å². The van der Waals surface area contributed by atoms with Crippen molar-refractivity contribution in [3.63, 3.8) is 0 Å². The van der Waals surface area contributed by atoms with Crippen LogP contribution < -0.4 is 0 Å². The molecule has 148 valence electrons. The van der Waals surface area contributed by atoms with Gasteiger partial charge in [0.2, 0.25) is 0 Å². The van der Waals surface area contributed by atoms with Gasteiger partial charge in [-0.1, -0.05) is 0 Å². The van der Waals surface area contributed by atoms with E-state index in [4.69, 9.17) is 6.57 Å². The standard InChI is InChI=1S/C21H34N6/c1-19-8-5-12-25(19)13-7-15-27-17-16-26(21(27)20(18-22)23-2)14-6-11-24-9-3-4-10-24/h19H,3-17H2,1H3/b21-20+. The Hall–Kier alpha value is -1.76. The zero-order chi connectivity index (χ0) is 19.1. The predicted molar refractivity (Wildman–Crippen MR) is 108 cm³/mol. The van der Waals surface area contributed by atoms with Crippen molar-refractivity contribution >= 4 is 0 Å². The van der Waals surface area contributed by atoms with E-state index >= 15 is 0 Å². The lowest BCUT2D eigenvalue weighted by atomic mass is 10.2. The highest BCUT2D eigenvalue weighted by Crippen LogP contribution is 2.24. The minimum absolute atomic E-state index is 0.267. The molecule has 6 heteroatoms. The van der Waals surface area contributed by atoms with Gasteiger partial charge in [0.1, 0.15) is 5.82 Å². The lowest BCUT2D eigenvalue weighted by Gasteiger charge is -2.27. The molecule has 3 rings (SSSR count). The maximum absolute atomic E-state index is 9.46. The molecule has 0 amide bonds. The van der Waals surface area contributed by atoms with E-state index < -0.39 is 0 Å². The highest BCUT2D eigenvalue weighted by Gasteiger charge is 2.28. The smallest absolute Gasteiger partial charge is 0.300 e. The molecule has 1 atom stereocenters. The second kappa shape index (κ2) is 9.97. The molecule has 0 aliphatic carbocycles. The summed E-state index contributed by atoms with van der Waals surface area (Å²) in [5, 5.41) is 9.46. The molecule has 0 aromatic carbocycles. The fraction of sp³-hybridized carbons (Fsp3) is 0.810. The van der Waals surface area contributed by atoms with Crippen molar-refractivity contribution in [2.24, 2.45) is 0 Å². The Labute approximate surface area is 164 Å². The number of hydrogen-bond acceptors (Lipinski definition) is 5. The molecule has 3 fully saturated rings. The normalized spacial score (nSPS) is 25.8. The maximum atomic E-state index is 9.46. The monoisotopic (exact) mass is 370 g/mol. The van der Waals surface area contributed by atoms with Crippen LogP contribution in [-0.2, 0) is 0 Å². The Morgan fingerprint density at radius 1 is 1.00 bits per heavy atom. The first-order valence-electron chi connectivity index (χ1n) is 10.7.